The van der Waals surface area contributed by atoms with Crippen LogP contribution in [0.4, 0.5) is 0 Å². The molecule has 0 unspecified atom stereocenters. The summed E-state index contributed by atoms with van der Waals surface area (Å²) in [6.45, 7) is 6.37. The number of aryl methyl sites for hydroxylation is 1. The van der Waals surface area contributed by atoms with Crippen molar-refractivity contribution < 1.29 is 14.4 Å². The third kappa shape index (κ3) is 5.56. The molecule has 4 aromatic rings. The van der Waals surface area contributed by atoms with Gasteiger partial charge in [0.2, 0.25) is 5.91 Å². The second kappa shape index (κ2) is 11.5. The lowest BCUT2D eigenvalue weighted by Gasteiger charge is -2.31. The predicted octanol–water partition coefficient (Wildman–Crippen LogP) is 3.94. The van der Waals surface area contributed by atoms with Crippen LogP contribution in [-0.2, 0) is 4.79 Å². The number of nitrogens with one attached hydrogen (secondary N) is 3. The third-order valence-corrected chi connectivity index (χ3v) is 7.68. The molecule has 3 heterocycles. The Hall–Kier alpha value is -4.24. The van der Waals surface area contributed by atoms with Crippen LogP contribution in [0.25, 0.3) is 22.4 Å². The van der Waals surface area contributed by atoms with E-state index in [0.717, 1.165) is 28.9 Å². The van der Waals surface area contributed by atoms with Gasteiger partial charge in [0.15, 0.2) is 5.78 Å². The standard InChI is InChI=1S/C31H36N6O3/c1-19-26(29-34-24-11-10-23(18-25(24)35-29)28(38)21-8-6-5-7-9-21)20(2)33-27(19)31(40)37-15-12-22(13-16-37)30(39)32-14-17-36(3)4/h5-11,18,22,33H,12-17H2,1-4H3,(H,32,39)(H,34,35). The number of H-pyrrole nitrogens is 2. The number of aromatic amines is 2. The van der Waals surface area contributed by atoms with Gasteiger partial charge in [0, 0.05) is 54.5 Å². The van der Waals surface area contributed by atoms with E-state index >= 15 is 0 Å². The predicted molar refractivity (Wildman–Crippen MR) is 155 cm³/mol. The molecule has 2 amide bonds. The molecule has 2 aromatic heterocycles. The van der Waals surface area contributed by atoms with Gasteiger partial charge in [0.1, 0.15) is 11.5 Å². The van der Waals surface area contributed by atoms with Crippen molar-refractivity contribution in [1.82, 2.24) is 30.1 Å². The summed E-state index contributed by atoms with van der Waals surface area (Å²) in [7, 11) is 3.95. The zero-order chi connectivity index (χ0) is 28.4. The second-order valence-corrected chi connectivity index (χ2v) is 10.8. The van der Waals surface area contributed by atoms with Crippen molar-refractivity contribution in [2.75, 3.05) is 40.3 Å². The number of aromatic nitrogens is 3. The lowest BCUT2D eigenvalue weighted by molar-refractivity contribution is -0.126. The minimum atomic E-state index is -0.0672. The molecule has 208 valence electrons. The zero-order valence-electron chi connectivity index (χ0n) is 23.5. The number of imidazole rings is 1. The lowest BCUT2D eigenvalue weighted by Crippen LogP contribution is -2.44. The highest BCUT2D eigenvalue weighted by Gasteiger charge is 2.30. The Morgan fingerprint density at radius 3 is 2.42 bits per heavy atom. The van der Waals surface area contributed by atoms with Gasteiger partial charge in [-0.15, -0.1) is 0 Å². The van der Waals surface area contributed by atoms with Crippen molar-refractivity contribution in [3.05, 3.63) is 76.6 Å². The molecule has 1 aliphatic rings. The summed E-state index contributed by atoms with van der Waals surface area (Å²) in [6.07, 6.45) is 1.30. The minimum Gasteiger partial charge on any atom is -0.355 e. The molecule has 0 spiro atoms. The van der Waals surface area contributed by atoms with E-state index in [0.29, 0.717) is 60.6 Å². The fourth-order valence-electron chi connectivity index (χ4n) is 5.39. The maximum atomic E-state index is 13.5. The first-order chi connectivity index (χ1) is 19.2. The van der Waals surface area contributed by atoms with Crippen LogP contribution in [0.15, 0.2) is 48.5 Å². The summed E-state index contributed by atoms with van der Waals surface area (Å²) in [5.74, 6) is 0.538. The summed E-state index contributed by atoms with van der Waals surface area (Å²) in [5, 5.41) is 3.01. The van der Waals surface area contributed by atoms with Crippen LogP contribution in [-0.4, -0.2) is 82.6 Å². The number of benzene rings is 2. The van der Waals surface area contributed by atoms with Crippen LogP contribution in [0.1, 0.15) is 50.5 Å². The number of rotatable bonds is 8. The molecule has 5 rings (SSSR count). The number of hydrogen-bond acceptors (Lipinski definition) is 5. The Morgan fingerprint density at radius 1 is 1.00 bits per heavy atom. The van der Waals surface area contributed by atoms with Crippen molar-refractivity contribution in [2.24, 2.45) is 5.92 Å². The zero-order valence-corrected chi connectivity index (χ0v) is 23.5. The van der Waals surface area contributed by atoms with Gasteiger partial charge < -0.3 is 25.1 Å². The monoisotopic (exact) mass is 540 g/mol. The van der Waals surface area contributed by atoms with Crippen LogP contribution < -0.4 is 5.32 Å². The van der Waals surface area contributed by atoms with E-state index in [-0.39, 0.29) is 23.5 Å². The van der Waals surface area contributed by atoms with Crippen LogP contribution in [0.3, 0.4) is 0 Å². The first kappa shape index (κ1) is 27.3. The molecule has 0 aliphatic carbocycles. The Bertz CT molecular complexity index is 1540. The fourth-order valence-corrected chi connectivity index (χ4v) is 5.39. The van der Waals surface area contributed by atoms with Crippen LogP contribution >= 0.6 is 0 Å². The average Bonchev–Trinajstić information content (AvgIpc) is 3.51. The summed E-state index contributed by atoms with van der Waals surface area (Å²) in [6, 6.07) is 14.7. The smallest absolute Gasteiger partial charge is 0.270 e. The maximum absolute atomic E-state index is 13.5. The van der Waals surface area contributed by atoms with E-state index in [9.17, 15) is 14.4 Å². The molecule has 3 N–H and O–H groups in total. The molecule has 2 aromatic carbocycles. The number of likely N-dealkylation sites (N-methyl/N-ethyl adjacent to an activating group) is 1. The molecule has 0 saturated carbocycles. The molecule has 1 fully saturated rings. The van der Waals surface area contributed by atoms with Crippen LogP contribution in [0, 0.1) is 19.8 Å². The van der Waals surface area contributed by atoms with Crippen molar-refractivity contribution in [2.45, 2.75) is 26.7 Å². The number of likely N-dealkylation sites (tertiary alicyclic amines) is 1. The minimum absolute atomic E-state index is 0.0521. The van der Waals surface area contributed by atoms with Gasteiger partial charge in [0.05, 0.1) is 11.0 Å². The largest absolute Gasteiger partial charge is 0.355 e. The van der Waals surface area contributed by atoms with E-state index in [1.165, 1.54) is 0 Å². The van der Waals surface area contributed by atoms with E-state index in [2.05, 4.69) is 15.3 Å². The van der Waals surface area contributed by atoms with Crippen molar-refractivity contribution in [3.8, 4) is 11.4 Å². The third-order valence-electron chi connectivity index (χ3n) is 7.68. The number of piperidine rings is 1. The number of ketones is 1. The summed E-state index contributed by atoms with van der Waals surface area (Å²) >= 11 is 0. The highest BCUT2D eigenvalue weighted by Crippen LogP contribution is 2.31. The van der Waals surface area contributed by atoms with Crippen molar-refractivity contribution in [1.29, 1.82) is 0 Å². The quantitative estimate of drug-likeness (QED) is 0.293. The fraction of sp³-hybridized carbons (Fsp3) is 0.355. The first-order valence-electron chi connectivity index (χ1n) is 13.7. The molecule has 9 heteroatoms. The van der Waals surface area contributed by atoms with E-state index < -0.39 is 0 Å². The molecule has 40 heavy (non-hydrogen) atoms. The molecular weight excluding hydrogens is 504 g/mol. The lowest BCUT2D eigenvalue weighted by atomic mass is 9.95. The van der Waals surface area contributed by atoms with Gasteiger partial charge in [-0.05, 0) is 64.5 Å². The topological polar surface area (TPSA) is 114 Å². The highest BCUT2D eigenvalue weighted by molar-refractivity contribution is 6.10. The number of hydrogen-bond donors (Lipinski definition) is 3. The Labute approximate surface area is 234 Å². The first-order valence-corrected chi connectivity index (χ1v) is 13.7. The molecule has 1 aliphatic heterocycles. The van der Waals surface area contributed by atoms with E-state index in [1.54, 1.807) is 24.3 Å². The van der Waals surface area contributed by atoms with Gasteiger partial charge in [-0.25, -0.2) is 4.98 Å². The molecule has 1 saturated heterocycles. The van der Waals surface area contributed by atoms with Crippen LogP contribution in [0.5, 0.6) is 0 Å². The van der Waals surface area contributed by atoms with Gasteiger partial charge >= 0.3 is 0 Å². The van der Waals surface area contributed by atoms with Crippen molar-refractivity contribution in [3.63, 3.8) is 0 Å². The van der Waals surface area contributed by atoms with Gasteiger partial charge in [-0.2, -0.15) is 0 Å². The number of amides is 2. The molecular formula is C31H36N6O3. The second-order valence-electron chi connectivity index (χ2n) is 10.8. The summed E-state index contributed by atoms with van der Waals surface area (Å²) in [5.41, 5.74) is 5.78. The number of carbonyl (C=O) groups excluding carboxylic acids is 3. The normalized spacial score (nSPS) is 14.2. The Morgan fingerprint density at radius 2 is 1.73 bits per heavy atom. The maximum Gasteiger partial charge on any atom is 0.270 e. The Balaban J connectivity index is 1.30. The van der Waals surface area contributed by atoms with Gasteiger partial charge in [-0.1, -0.05) is 30.3 Å². The molecule has 0 radical (unpaired) electrons. The molecule has 9 nitrogen and oxygen atoms in total. The highest BCUT2D eigenvalue weighted by atomic mass is 16.2. The molecule has 0 atom stereocenters. The van der Waals surface area contributed by atoms with Crippen molar-refractivity contribution >= 4 is 28.6 Å². The van der Waals surface area contributed by atoms with Crippen LogP contribution in [0.2, 0.25) is 0 Å². The van der Waals surface area contributed by atoms with Gasteiger partial charge in [-0.3, -0.25) is 14.4 Å². The number of fused-ring (bicyclic) bond motifs is 1. The van der Waals surface area contributed by atoms with Gasteiger partial charge in [0.25, 0.3) is 5.91 Å². The SMILES string of the molecule is Cc1[nH]c(C(=O)N2CCC(C(=O)NCCN(C)C)CC2)c(C)c1-c1nc2cc(C(=O)c3ccccc3)ccc2[nH]1. The van der Waals surface area contributed by atoms with E-state index in [4.69, 9.17) is 4.98 Å². The number of nitrogens with zero attached hydrogens (tertiary/aromatic N) is 3. The summed E-state index contributed by atoms with van der Waals surface area (Å²) < 4.78 is 0. The van der Waals surface area contributed by atoms with E-state index in [1.807, 2.05) is 62.0 Å². The number of carbonyl (C=O) groups is 3. The Kier molecular flexibility index (Phi) is 7.84. The summed E-state index contributed by atoms with van der Waals surface area (Å²) in [4.78, 5) is 54.2. The average molecular weight is 541 g/mol. The molecule has 0 bridgehead atoms.